The first-order chi connectivity index (χ1) is 11.2. The Morgan fingerprint density at radius 1 is 1.29 bits per heavy atom. The zero-order valence-electron chi connectivity index (χ0n) is 14.9. The Bertz CT molecular complexity index is 685. The van der Waals surface area contributed by atoms with E-state index in [4.69, 9.17) is 9.13 Å². The summed E-state index contributed by atoms with van der Waals surface area (Å²) in [5.74, 6) is 0. The van der Waals surface area contributed by atoms with Crippen LogP contribution in [0.1, 0.15) is 57.6 Å². The van der Waals surface area contributed by atoms with Crippen LogP contribution in [-0.4, -0.2) is 27.9 Å². The highest BCUT2D eigenvalue weighted by Gasteiger charge is 2.46. The smallest absolute Gasteiger partial charge is 0.145 e. The van der Waals surface area contributed by atoms with Crippen LogP contribution in [0.25, 0.3) is 0 Å². The van der Waals surface area contributed by atoms with Crippen LogP contribution < -0.4 is 0 Å². The molecule has 24 heavy (non-hydrogen) atoms. The quantitative estimate of drug-likeness (QED) is 0.698. The molecule has 132 valence electrons. The van der Waals surface area contributed by atoms with Crippen molar-refractivity contribution in [2.24, 2.45) is 9.81 Å². The fourth-order valence-corrected chi connectivity index (χ4v) is 4.91. The molecule has 0 amide bonds. The van der Waals surface area contributed by atoms with Crippen molar-refractivity contribution < 1.29 is 8.95 Å². The highest BCUT2D eigenvalue weighted by Crippen LogP contribution is 2.49. The molecule has 3 rings (SSSR count). The lowest BCUT2D eigenvalue weighted by atomic mass is 9.70. The van der Waals surface area contributed by atoms with Crippen molar-refractivity contribution in [3.8, 4) is 0 Å². The second-order valence-corrected chi connectivity index (χ2v) is 10.8. The topological polar surface area (TPSA) is 38.7 Å². The van der Waals surface area contributed by atoms with Crippen LogP contribution in [0.4, 0.5) is 0 Å². The summed E-state index contributed by atoms with van der Waals surface area (Å²) in [6.07, 6.45) is 5.56. The fraction of sp³-hybridized carbons (Fsp3) is 0.632. The van der Waals surface area contributed by atoms with Gasteiger partial charge in [-0.15, -0.1) is 0 Å². The SMILES string of the molecule is COC1CCC2(CC1)Cc1ccc(Br)cc1/C2=N\S(=O)C(C)(C)C. The van der Waals surface area contributed by atoms with Gasteiger partial charge in [0.25, 0.3) is 0 Å². The molecule has 0 heterocycles. The lowest BCUT2D eigenvalue weighted by Crippen LogP contribution is -2.36. The average molecular weight is 412 g/mol. The maximum absolute atomic E-state index is 12.7. The van der Waals surface area contributed by atoms with Crippen LogP contribution in [0, 0.1) is 5.41 Å². The summed E-state index contributed by atoms with van der Waals surface area (Å²) in [6.45, 7) is 5.95. The predicted molar refractivity (Wildman–Crippen MR) is 104 cm³/mol. The van der Waals surface area contributed by atoms with Gasteiger partial charge in [-0.05, 0) is 70.6 Å². The van der Waals surface area contributed by atoms with Crippen LogP contribution in [0.2, 0.25) is 0 Å². The van der Waals surface area contributed by atoms with Crippen molar-refractivity contribution in [2.45, 2.75) is 63.7 Å². The molecule has 5 heteroatoms. The Balaban J connectivity index is 2.04. The van der Waals surface area contributed by atoms with Crippen LogP contribution in [0.5, 0.6) is 0 Å². The molecular formula is C19H26BrNO2S. The van der Waals surface area contributed by atoms with Gasteiger partial charge in [-0.25, -0.2) is 4.21 Å². The van der Waals surface area contributed by atoms with Gasteiger partial charge in [0.05, 0.1) is 16.6 Å². The van der Waals surface area contributed by atoms with Crippen LogP contribution in [0.3, 0.4) is 0 Å². The molecule has 0 aromatic heterocycles. The summed E-state index contributed by atoms with van der Waals surface area (Å²) >= 11 is 3.58. The van der Waals surface area contributed by atoms with E-state index in [0.717, 1.165) is 42.3 Å². The van der Waals surface area contributed by atoms with E-state index in [0.29, 0.717) is 6.10 Å². The van der Waals surface area contributed by atoms with Gasteiger partial charge in [0, 0.05) is 22.6 Å². The van der Waals surface area contributed by atoms with Gasteiger partial charge < -0.3 is 4.74 Å². The Hall–Kier alpha value is -0.520. The minimum atomic E-state index is -1.24. The molecule has 1 unspecified atom stereocenters. The van der Waals surface area contributed by atoms with Crippen molar-refractivity contribution in [3.63, 3.8) is 0 Å². The molecule has 0 N–H and O–H groups in total. The summed E-state index contributed by atoms with van der Waals surface area (Å²) < 4.78 is 23.8. The third kappa shape index (κ3) is 3.40. The lowest BCUT2D eigenvalue weighted by Gasteiger charge is -2.37. The molecule has 0 aliphatic heterocycles. The number of hydrogen-bond acceptors (Lipinski definition) is 2. The highest BCUT2D eigenvalue weighted by molar-refractivity contribution is 9.10. The van der Waals surface area contributed by atoms with Gasteiger partial charge in [-0.3, -0.25) is 0 Å². The standard InChI is InChI=1S/C19H26BrNO2S/c1-18(2,3)24(22)21-17-16-11-14(20)6-5-13(16)12-19(17)9-7-15(23-4)8-10-19/h5-6,11,15H,7-10,12H2,1-4H3/b21-17+. The fourth-order valence-electron chi connectivity index (χ4n) is 3.82. The molecule has 3 nitrogen and oxygen atoms in total. The van der Waals surface area contributed by atoms with E-state index in [2.05, 4.69) is 34.1 Å². The molecule has 1 aromatic carbocycles. The van der Waals surface area contributed by atoms with E-state index in [9.17, 15) is 4.21 Å². The minimum absolute atomic E-state index is 0.0269. The largest absolute Gasteiger partial charge is 0.381 e. The van der Waals surface area contributed by atoms with Crippen molar-refractivity contribution in [1.29, 1.82) is 0 Å². The summed E-state index contributed by atoms with van der Waals surface area (Å²) in [5.41, 5.74) is 3.59. The molecule has 0 saturated heterocycles. The van der Waals surface area contributed by atoms with E-state index >= 15 is 0 Å². The van der Waals surface area contributed by atoms with Gasteiger partial charge >= 0.3 is 0 Å². The highest BCUT2D eigenvalue weighted by atomic mass is 79.9. The second-order valence-electron chi connectivity index (χ2n) is 8.00. The summed E-state index contributed by atoms with van der Waals surface area (Å²) in [7, 11) is 0.561. The molecule has 0 bridgehead atoms. The number of methoxy groups -OCH3 is 1. The van der Waals surface area contributed by atoms with Gasteiger partial charge in [0.15, 0.2) is 0 Å². The Morgan fingerprint density at radius 3 is 2.54 bits per heavy atom. The third-order valence-corrected chi connectivity index (χ3v) is 7.17. The summed E-state index contributed by atoms with van der Waals surface area (Å²) in [6, 6.07) is 6.42. The van der Waals surface area contributed by atoms with Crippen LogP contribution in [-0.2, 0) is 22.1 Å². The first kappa shape index (κ1) is 18.3. The van der Waals surface area contributed by atoms with Gasteiger partial charge in [0.2, 0.25) is 0 Å². The second kappa shape index (κ2) is 6.65. The molecule has 0 radical (unpaired) electrons. The van der Waals surface area contributed by atoms with Gasteiger partial charge in [-0.2, -0.15) is 4.40 Å². The van der Waals surface area contributed by atoms with E-state index in [1.54, 1.807) is 7.11 Å². The number of fused-ring (bicyclic) bond motifs is 1. The van der Waals surface area contributed by atoms with Crippen molar-refractivity contribution >= 4 is 32.6 Å². The summed E-state index contributed by atoms with van der Waals surface area (Å²) in [4.78, 5) is 0. The zero-order chi connectivity index (χ0) is 17.5. The van der Waals surface area contributed by atoms with E-state index < -0.39 is 11.0 Å². The molecule has 2 aliphatic carbocycles. The predicted octanol–water partition coefficient (Wildman–Crippen LogP) is 4.83. The molecule has 1 aromatic rings. The average Bonchev–Trinajstić information content (AvgIpc) is 2.81. The number of benzene rings is 1. The normalized spacial score (nSPS) is 29.9. The van der Waals surface area contributed by atoms with E-state index in [1.165, 1.54) is 11.1 Å². The molecule has 1 fully saturated rings. The number of ether oxygens (including phenoxy) is 1. The van der Waals surface area contributed by atoms with Crippen molar-refractivity contribution in [1.82, 2.24) is 0 Å². The van der Waals surface area contributed by atoms with Crippen molar-refractivity contribution in [3.05, 3.63) is 33.8 Å². The first-order valence-corrected chi connectivity index (χ1v) is 10.5. The maximum atomic E-state index is 12.7. The number of rotatable bonds is 2. The molecule has 1 saturated carbocycles. The van der Waals surface area contributed by atoms with Crippen LogP contribution >= 0.6 is 15.9 Å². The number of halogens is 1. The summed E-state index contributed by atoms with van der Waals surface area (Å²) in [5, 5.41) is 0. The van der Waals surface area contributed by atoms with Gasteiger partial charge in [0.1, 0.15) is 11.0 Å². The Morgan fingerprint density at radius 2 is 1.96 bits per heavy atom. The number of hydrogen-bond donors (Lipinski definition) is 0. The van der Waals surface area contributed by atoms with Gasteiger partial charge in [-0.1, -0.05) is 22.0 Å². The Kier molecular flexibility index (Phi) is 5.07. The monoisotopic (exact) mass is 411 g/mol. The van der Waals surface area contributed by atoms with E-state index in [1.807, 2.05) is 20.8 Å². The number of nitrogens with zero attached hydrogens (tertiary/aromatic N) is 1. The third-order valence-electron chi connectivity index (χ3n) is 5.28. The molecule has 1 atom stereocenters. The molecule has 1 spiro atoms. The van der Waals surface area contributed by atoms with E-state index in [-0.39, 0.29) is 10.2 Å². The van der Waals surface area contributed by atoms with Crippen LogP contribution in [0.15, 0.2) is 27.1 Å². The molecule has 2 aliphatic rings. The lowest BCUT2D eigenvalue weighted by molar-refractivity contribution is 0.0468. The minimum Gasteiger partial charge on any atom is -0.381 e. The Labute approximate surface area is 156 Å². The van der Waals surface area contributed by atoms with Crippen molar-refractivity contribution in [2.75, 3.05) is 7.11 Å². The molecular weight excluding hydrogens is 386 g/mol. The first-order valence-electron chi connectivity index (χ1n) is 8.58. The maximum Gasteiger partial charge on any atom is 0.145 e. The zero-order valence-corrected chi connectivity index (χ0v) is 17.3.